The molecule has 0 aromatic heterocycles. The highest BCUT2D eigenvalue weighted by Crippen LogP contribution is 2.42. The molecule has 0 spiro atoms. The first kappa shape index (κ1) is 16.4. The largest absolute Gasteiger partial charge is 0.382 e. The van der Waals surface area contributed by atoms with Gasteiger partial charge in [-0.3, -0.25) is 4.79 Å². The molecule has 0 atom stereocenters. The first-order chi connectivity index (χ1) is 11.1. The van der Waals surface area contributed by atoms with Crippen molar-refractivity contribution in [3.05, 3.63) is 29.8 Å². The number of amides is 1. The minimum absolute atomic E-state index is 0.493. The molecule has 2 fully saturated rings. The van der Waals surface area contributed by atoms with Crippen molar-refractivity contribution in [3.8, 4) is 0 Å². The number of likely N-dealkylation sites (tertiary alicyclic amines) is 1. The minimum Gasteiger partial charge on any atom is -0.382 e. The van der Waals surface area contributed by atoms with E-state index < -0.39 is 0 Å². The molecule has 1 aliphatic heterocycles. The number of carbonyl (C=O) groups excluding carboxylic acids is 1. The molecule has 1 saturated carbocycles. The van der Waals surface area contributed by atoms with Gasteiger partial charge in [0, 0.05) is 24.8 Å². The van der Waals surface area contributed by atoms with Crippen molar-refractivity contribution in [3.63, 3.8) is 0 Å². The van der Waals surface area contributed by atoms with Crippen LogP contribution >= 0.6 is 0 Å². The van der Waals surface area contributed by atoms with Crippen LogP contribution in [0.2, 0.25) is 0 Å². The fourth-order valence-corrected chi connectivity index (χ4v) is 3.97. The van der Waals surface area contributed by atoms with Crippen LogP contribution in [0.1, 0.15) is 63.9 Å². The van der Waals surface area contributed by atoms with E-state index in [-0.39, 0.29) is 0 Å². The van der Waals surface area contributed by atoms with Crippen molar-refractivity contribution in [2.75, 3.05) is 18.4 Å². The Morgan fingerprint density at radius 3 is 2.22 bits per heavy atom. The van der Waals surface area contributed by atoms with E-state index in [9.17, 15) is 4.79 Å². The highest BCUT2D eigenvalue weighted by molar-refractivity contribution is 5.48. The highest BCUT2D eigenvalue weighted by Gasteiger charge is 2.27. The van der Waals surface area contributed by atoms with Crippen LogP contribution in [0.3, 0.4) is 0 Å². The summed E-state index contributed by atoms with van der Waals surface area (Å²) in [6.07, 6.45) is 8.38. The van der Waals surface area contributed by atoms with E-state index in [2.05, 4.69) is 43.4 Å². The fraction of sp³-hybridized carbons (Fsp3) is 0.650. The summed E-state index contributed by atoms with van der Waals surface area (Å²) in [6, 6.07) is 9.59. The van der Waals surface area contributed by atoms with E-state index in [0.29, 0.717) is 11.5 Å². The lowest BCUT2D eigenvalue weighted by molar-refractivity contribution is -0.118. The third-order valence-electron chi connectivity index (χ3n) is 5.77. The lowest BCUT2D eigenvalue weighted by Crippen LogP contribution is -2.38. The molecule has 1 amide bonds. The maximum Gasteiger partial charge on any atom is 0.209 e. The number of nitrogens with zero attached hydrogens (tertiary/aromatic N) is 1. The smallest absolute Gasteiger partial charge is 0.209 e. The Morgan fingerprint density at radius 2 is 1.65 bits per heavy atom. The van der Waals surface area contributed by atoms with E-state index >= 15 is 0 Å². The van der Waals surface area contributed by atoms with E-state index in [1.54, 1.807) is 0 Å². The molecule has 3 heteroatoms. The molecule has 1 N–H and O–H groups in total. The molecule has 0 radical (unpaired) electrons. The molecule has 0 bridgehead atoms. The van der Waals surface area contributed by atoms with Gasteiger partial charge in [0.25, 0.3) is 0 Å². The van der Waals surface area contributed by atoms with Crippen LogP contribution in [-0.2, 0) is 4.79 Å². The molecule has 3 rings (SSSR count). The third kappa shape index (κ3) is 4.27. The fourth-order valence-electron chi connectivity index (χ4n) is 3.97. The second-order valence-corrected chi connectivity index (χ2v) is 8.12. The number of rotatable bonds is 4. The number of benzene rings is 1. The normalized spacial score (nSPS) is 22.8. The van der Waals surface area contributed by atoms with Gasteiger partial charge in [0.2, 0.25) is 6.41 Å². The Labute approximate surface area is 140 Å². The van der Waals surface area contributed by atoms with Crippen LogP contribution in [0.25, 0.3) is 0 Å². The topological polar surface area (TPSA) is 32.3 Å². The molecule has 1 aliphatic carbocycles. The summed E-state index contributed by atoms with van der Waals surface area (Å²) in [5, 5.41) is 3.63. The Kier molecular flexibility index (Phi) is 4.93. The molecule has 1 saturated heterocycles. The lowest BCUT2D eigenvalue weighted by Gasteiger charge is -2.34. The molecule has 0 unspecified atom stereocenters. The first-order valence-corrected chi connectivity index (χ1v) is 9.12. The summed E-state index contributed by atoms with van der Waals surface area (Å²) in [4.78, 5) is 12.6. The number of piperidine rings is 1. The molecule has 23 heavy (non-hydrogen) atoms. The van der Waals surface area contributed by atoms with Crippen LogP contribution < -0.4 is 5.32 Å². The van der Waals surface area contributed by atoms with Crippen LogP contribution in [0, 0.1) is 5.41 Å². The van der Waals surface area contributed by atoms with Gasteiger partial charge in [-0.1, -0.05) is 26.0 Å². The SMILES string of the molecule is CC1(C)CCC(c2ccc(NC3CCN(C=O)CC3)cc2)CC1. The Hall–Kier alpha value is -1.51. The van der Waals surface area contributed by atoms with Crippen LogP contribution in [-0.4, -0.2) is 30.4 Å². The zero-order valence-corrected chi connectivity index (χ0v) is 14.6. The zero-order chi connectivity index (χ0) is 16.3. The van der Waals surface area contributed by atoms with Gasteiger partial charge in [0.15, 0.2) is 0 Å². The molecular weight excluding hydrogens is 284 g/mol. The summed E-state index contributed by atoms with van der Waals surface area (Å²) in [5.41, 5.74) is 3.25. The van der Waals surface area contributed by atoms with E-state index in [1.807, 2.05) is 4.90 Å². The summed E-state index contributed by atoms with van der Waals surface area (Å²) < 4.78 is 0. The van der Waals surface area contributed by atoms with Crippen LogP contribution in [0.15, 0.2) is 24.3 Å². The molecular formula is C20H30N2O. The Morgan fingerprint density at radius 1 is 1.04 bits per heavy atom. The van der Waals surface area contributed by atoms with E-state index in [0.717, 1.165) is 38.3 Å². The quantitative estimate of drug-likeness (QED) is 0.835. The predicted molar refractivity (Wildman–Crippen MR) is 95.7 cm³/mol. The van der Waals surface area contributed by atoms with Gasteiger partial charge in [0.05, 0.1) is 0 Å². The average Bonchev–Trinajstić information content (AvgIpc) is 2.56. The molecule has 1 heterocycles. The van der Waals surface area contributed by atoms with Crippen molar-refractivity contribution < 1.29 is 4.79 Å². The Bertz CT molecular complexity index is 505. The van der Waals surface area contributed by atoms with E-state index in [4.69, 9.17) is 0 Å². The van der Waals surface area contributed by atoms with Gasteiger partial charge >= 0.3 is 0 Å². The van der Waals surface area contributed by atoms with Crippen LogP contribution in [0.4, 0.5) is 5.69 Å². The van der Waals surface area contributed by atoms with Gasteiger partial charge in [-0.2, -0.15) is 0 Å². The number of hydrogen-bond acceptors (Lipinski definition) is 2. The number of nitrogens with one attached hydrogen (secondary N) is 1. The summed E-state index contributed by atoms with van der Waals surface area (Å²) >= 11 is 0. The second-order valence-electron chi connectivity index (χ2n) is 8.12. The zero-order valence-electron chi connectivity index (χ0n) is 14.6. The summed E-state index contributed by atoms with van der Waals surface area (Å²) in [5.74, 6) is 0.743. The number of carbonyl (C=O) groups is 1. The van der Waals surface area contributed by atoms with E-state index in [1.165, 1.54) is 36.9 Å². The van der Waals surface area contributed by atoms with Gasteiger partial charge in [-0.25, -0.2) is 0 Å². The van der Waals surface area contributed by atoms with Crippen molar-refractivity contribution in [1.29, 1.82) is 0 Å². The van der Waals surface area contributed by atoms with Crippen molar-refractivity contribution in [2.24, 2.45) is 5.41 Å². The predicted octanol–water partition coefficient (Wildman–Crippen LogP) is 4.40. The maximum absolute atomic E-state index is 10.8. The number of hydrogen-bond donors (Lipinski definition) is 1. The van der Waals surface area contributed by atoms with Gasteiger partial charge in [-0.05, 0) is 67.6 Å². The molecule has 3 nitrogen and oxygen atoms in total. The molecule has 1 aromatic rings. The van der Waals surface area contributed by atoms with Gasteiger partial charge in [0.1, 0.15) is 0 Å². The van der Waals surface area contributed by atoms with Crippen molar-refractivity contribution in [1.82, 2.24) is 4.90 Å². The first-order valence-electron chi connectivity index (χ1n) is 9.12. The average molecular weight is 314 g/mol. The molecule has 126 valence electrons. The van der Waals surface area contributed by atoms with Crippen molar-refractivity contribution >= 4 is 12.1 Å². The molecule has 2 aliphatic rings. The maximum atomic E-state index is 10.8. The third-order valence-corrected chi connectivity index (χ3v) is 5.77. The van der Waals surface area contributed by atoms with Crippen molar-refractivity contribution in [2.45, 2.75) is 64.3 Å². The second kappa shape index (κ2) is 6.94. The number of anilines is 1. The van der Waals surface area contributed by atoms with Gasteiger partial charge in [-0.15, -0.1) is 0 Å². The lowest BCUT2D eigenvalue weighted by atomic mass is 9.71. The summed E-state index contributed by atoms with van der Waals surface area (Å²) in [7, 11) is 0. The molecule has 1 aromatic carbocycles. The monoisotopic (exact) mass is 314 g/mol. The van der Waals surface area contributed by atoms with Crippen LogP contribution in [0.5, 0.6) is 0 Å². The highest BCUT2D eigenvalue weighted by atomic mass is 16.1. The van der Waals surface area contributed by atoms with Gasteiger partial charge < -0.3 is 10.2 Å². The standard InChI is InChI=1S/C20H30N2O/c1-20(2)11-7-17(8-12-20)16-3-5-18(6-4-16)21-19-9-13-22(15-23)14-10-19/h3-6,15,17,19,21H,7-14H2,1-2H3. The Balaban J connectivity index is 1.52. The summed E-state index contributed by atoms with van der Waals surface area (Å²) in [6.45, 7) is 6.53. The minimum atomic E-state index is 0.493.